The Labute approximate surface area is 158 Å². The topological polar surface area (TPSA) is 38.3 Å². The summed E-state index contributed by atoms with van der Waals surface area (Å²) in [5, 5.41) is 3.23. The average molecular weight is 358 g/mol. The minimum atomic E-state index is -0.519. The molecule has 0 radical (unpaired) electrons. The molecule has 1 aliphatic carbocycles. The van der Waals surface area contributed by atoms with Crippen molar-refractivity contribution in [1.29, 1.82) is 0 Å². The second-order valence-corrected chi connectivity index (χ2v) is 9.99. The zero-order valence-corrected chi connectivity index (χ0v) is 17.5. The first-order valence-electron chi connectivity index (χ1n) is 10.2. The molecule has 1 fully saturated rings. The lowest BCUT2D eigenvalue weighted by Gasteiger charge is -2.46. The van der Waals surface area contributed by atoms with Crippen LogP contribution in [0.5, 0.6) is 5.75 Å². The van der Waals surface area contributed by atoms with Crippen molar-refractivity contribution in [3.8, 4) is 5.75 Å². The standard InChI is InChI=1S/C23H35NO2/c1-14(2)16-12-18(15(3)4)20-19(13-16)21(25)24-23(26-20)10-8-17(9-11-23)22(5,6)7/h12-15,17H,8-11H2,1-7H3,(H,24,25). The molecule has 1 saturated carbocycles. The first-order valence-corrected chi connectivity index (χ1v) is 10.2. The van der Waals surface area contributed by atoms with E-state index < -0.39 is 5.72 Å². The molecule has 26 heavy (non-hydrogen) atoms. The van der Waals surface area contributed by atoms with Crippen molar-refractivity contribution in [1.82, 2.24) is 5.32 Å². The van der Waals surface area contributed by atoms with Crippen LogP contribution in [0.25, 0.3) is 0 Å². The summed E-state index contributed by atoms with van der Waals surface area (Å²) in [6.07, 6.45) is 3.98. The first-order chi connectivity index (χ1) is 12.0. The van der Waals surface area contributed by atoms with Gasteiger partial charge >= 0.3 is 0 Å². The van der Waals surface area contributed by atoms with Crippen LogP contribution >= 0.6 is 0 Å². The van der Waals surface area contributed by atoms with Crippen LogP contribution in [0.2, 0.25) is 0 Å². The molecule has 0 unspecified atom stereocenters. The molecule has 1 aliphatic heterocycles. The number of hydrogen-bond donors (Lipinski definition) is 1. The molecule has 1 amide bonds. The van der Waals surface area contributed by atoms with Gasteiger partial charge in [0, 0.05) is 12.8 Å². The third kappa shape index (κ3) is 3.50. The highest BCUT2D eigenvalue weighted by Crippen LogP contribution is 2.46. The van der Waals surface area contributed by atoms with E-state index in [9.17, 15) is 4.79 Å². The van der Waals surface area contributed by atoms with E-state index in [0.717, 1.165) is 31.4 Å². The minimum Gasteiger partial charge on any atom is -0.467 e. The van der Waals surface area contributed by atoms with Crippen LogP contribution in [-0.4, -0.2) is 11.6 Å². The van der Waals surface area contributed by atoms with Crippen molar-refractivity contribution in [2.75, 3.05) is 0 Å². The molecular weight excluding hydrogens is 322 g/mol. The summed E-state index contributed by atoms with van der Waals surface area (Å²) in [6, 6.07) is 4.26. The van der Waals surface area contributed by atoms with Crippen LogP contribution in [0.3, 0.4) is 0 Å². The Morgan fingerprint density at radius 3 is 2.19 bits per heavy atom. The molecular formula is C23H35NO2. The molecule has 0 atom stereocenters. The van der Waals surface area contributed by atoms with E-state index in [1.165, 1.54) is 11.1 Å². The molecule has 0 saturated heterocycles. The van der Waals surface area contributed by atoms with Crippen LogP contribution in [0.4, 0.5) is 0 Å². The van der Waals surface area contributed by atoms with Crippen molar-refractivity contribution in [3.05, 3.63) is 28.8 Å². The number of hydrogen-bond acceptors (Lipinski definition) is 2. The summed E-state index contributed by atoms with van der Waals surface area (Å²) >= 11 is 0. The maximum absolute atomic E-state index is 13.0. The normalized spacial score (nSPS) is 26.0. The van der Waals surface area contributed by atoms with Crippen molar-refractivity contribution < 1.29 is 9.53 Å². The third-order valence-corrected chi connectivity index (χ3v) is 6.33. The number of ether oxygens (including phenoxy) is 1. The Morgan fingerprint density at radius 1 is 1.08 bits per heavy atom. The number of amides is 1. The van der Waals surface area contributed by atoms with Crippen LogP contribution in [-0.2, 0) is 0 Å². The van der Waals surface area contributed by atoms with Gasteiger partial charge in [-0.1, -0.05) is 54.5 Å². The Morgan fingerprint density at radius 2 is 1.69 bits per heavy atom. The fourth-order valence-corrected chi connectivity index (χ4v) is 4.39. The second kappa shape index (κ2) is 6.58. The highest BCUT2D eigenvalue weighted by molar-refractivity contribution is 5.99. The number of rotatable bonds is 2. The molecule has 1 N–H and O–H groups in total. The van der Waals surface area contributed by atoms with E-state index in [1.54, 1.807) is 0 Å². The number of carbonyl (C=O) groups is 1. The zero-order valence-electron chi connectivity index (χ0n) is 17.5. The lowest BCUT2D eigenvalue weighted by molar-refractivity contribution is -0.0328. The van der Waals surface area contributed by atoms with Crippen LogP contribution in [0, 0.1) is 11.3 Å². The quantitative estimate of drug-likeness (QED) is 0.706. The first kappa shape index (κ1) is 19.3. The fraction of sp³-hybridized carbons (Fsp3) is 0.696. The predicted molar refractivity (Wildman–Crippen MR) is 107 cm³/mol. The summed E-state index contributed by atoms with van der Waals surface area (Å²) < 4.78 is 6.59. The van der Waals surface area contributed by atoms with Crippen molar-refractivity contribution in [3.63, 3.8) is 0 Å². The van der Waals surface area contributed by atoms with E-state index >= 15 is 0 Å². The molecule has 144 valence electrons. The minimum absolute atomic E-state index is 0.0323. The van der Waals surface area contributed by atoms with E-state index in [0.29, 0.717) is 28.7 Å². The summed E-state index contributed by atoms with van der Waals surface area (Å²) in [6.45, 7) is 15.6. The van der Waals surface area contributed by atoms with Gasteiger partial charge in [-0.3, -0.25) is 4.79 Å². The maximum atomic E-state index is 13.0. The molecule has 1 heterocycles. The SMILES string of the molecule is CC(C)c1cc2c(c(C(C)C)c1)OC1(CCC(C(C)(C)C)CC1)NC2=O. The van der Waals surface area contributed by atoms with Gasteiger partial charge in [-0.15, -0.1) is 0 Å². The van der Waals surface area contributed by atoms with Gasteiger partial charge < -0.3 is 10.1 Å². The van der Waals surface area contributed by atoms with Crippen molar-refractivity contribution in [2.45, 2.75) is 91.7 Å². The molecule has 3 nitrogen and oxygen atoms in total. The lowest BCUT2D eigenvalue weighted by atomic mass is 9.70. The van der Waals surface area contributed by atoms with E-state index in [1.807, 2.05) is 6.07 Å². The van der Waals surface area contributed by atoms with Crippen LogP contribution in [0.1, 0.15) is 107 Å². The van der Waals surface area contributed by atoms with E-state index in [4.69, 9.17) is 4.74 Å². The monoisotopic (exact) mass is 357 g/mol. The van der Waals surface area contributed by atoms with Gasteiger partial charge in [0.1, 0.15) is 5.75 Å². The van der Waals surface area contributed by atoms with Gasteiger partial charge in [0.2, 0.25) is 0 Å². The van der Waals surface area contributed by atoms with Gasteiger partial charge in [-0.05, 0) is 53.2 Å². The number of fused-ring (bicyclic) bond motifs is 1. The predicted octanol–water partition coefficient (Wildman–Crippen LogP) is 5.99. The zero-order chi connectivity index (χ0) is 19.3. The highest BCUT2D eigenvalue weighted by atomic mass is 16.5. The Kier molecular flexibility index (Phi) is 4.87. The molecule has 1 spiro atoms. The molecule has 2 aliphatic rings. The average Bonchev–Trinajstić information content (AvgIpc) is 2.53. The Bertz CT molecular complexity index is 689. The van der Waals surface area contributed by atoms with E-state index in [-0.39, 0.29) is 5.91 Å². The molecule has 3 heteroatoms. The Hall–Kier alpha value is -1.51. The molecule has 1 aromatic carbocycles. The molecule has 1 aromatic rings. The van der Waals surface area contributed by atoms with Gasteiger partial charge in [0.15, 0.2) is 5.72 Å². The van der Waals surface area contributed by atoms with E-state index in [2.05, 4.69) is 59.8 Å². The number of carbonyl (C=O) groups excluding carboxylic acids is 1. The van der Waals surface area contributed by atoms with Gasteiger partial charge in [0.25, 0.3) is 5.91 Å². The summed E-state index contributed by atoms with van der Waals surface area (Å²) in [5.41, 5.74) is 2.88. The van der Waals surface area contributed by atoms with Crippen LogP contribution < -0.4 is 10.1 Å². The number of nitrogens with one attached hydrogen (secondary N) is 1. The number of benzene rings is 1. The van der Waals surface area contributed by atoms with Gasteiger partial charge in [-0.25, -0.2) is 0 Å². The lowest BCUT2D eigenvalue weighted by Crippen LogP contribution is -2.58. The molecule has 0 aromatic heterocycles. The van der Waals surface area contributed by atoms with Crippen molar-refractivity contribution >= 4 is 5.91 Å². The Balaban J connectivity index is 1.94. The molecule has 3 rings (SSSR count). The maximum Gasteiger partial charge on any atom is 0.258 e. The third-order valence-electron chi connectivity index (χ3n) is 6.33. The summed E-state index contributed by atoms with van der Waals surface area (Å²) in [5.74, 6) is 2.26. The summed E-state index contributed by atoms with van der Waals surface area (Å²) in [4.78, 5) is 13.0. The smallest absolute Gasteiger partial charge is 0.258 e. The fourth-order valence-electron chi connectivity index (χ4n) is 4.39. The summed E-state index contributed by atoms with van der Waals surface area (Å²) in [7, 11) is 0. The second-order valence-electron chi connectivity index (χ2n) is 9.99. The van der Waals surface area contributed by atoms with Gasteiger partial charge in [-0.2, -0.15) is 0 Å². The van der Waals surface area contributed by atoms with Crippen LogP contribution in [0.15, 0.2) is 12.1 Å². The molecule has 0 bridgehead atoms. The van der Waals surface area contributed by atoms with Crippen molar-refractivity contribution in [2.24, 2.45) is 11.3 Å². The van der Waals surface area contributed by atoms with Gasteiger partial charge in [0.05, 0.1) is 5.56 Å². The highest BCUT2D eigenvalue weighted by Gasteiger charge is 2.45. The largest absolute Gasteiger partial charge is 0.467 e.